The van der Waals surface area contributed by atoms with Crippen molar-refractivity contribution in [1.82, 2.24) is 19.9 Å². The third kappa shape index (κ3) is 1.33. The van der Waals surface area contributed by atoms with Gasteiger partial charge >= 0.3 is 11.1 Å². The van der Waals surface area contributed by atoms with Crippen molar-refractivity contribution in [3.05, 3.63) is 57.4 Å². The number of hydrogen-bond acceptors (Lipinski definition) is 4. The van der Waals surface area contributed by atoms with Crippen molar-refractivity contribution in [2.24, 2.45) is 0 Å². The summed E-state index contributed by atoms with van der Waals surface area (Å²) in [5, 5.41) is 1.76. The minimum absolute atomic E-state index is 0.497. The van der Waals surface area contributed by atoms with Gasteiger partial charge in [-0.1, -0.05) is 12.1 Å². The minimum Gasteiger partial charge on any atom is -0.314 e. The first-order chi connectivity index (χ1) is 9.75. The van der Waals surface area contributed by atoms with Gasteiger partial charge in [-0.3, -0.25) is 19.6 Å². The van der Waals surface area contributed by atoms with Crippen LogP contribution in [0.4, 0.5) is 0 Å². The van der Waals surface area contributed by atoms with Crippen molar-refractivity contribution in [1.29, 1.82) is 0 Å². The highest BCUT2D eigenvalue weighted by molar-refractivity contribution is 6.20. The molecule has 2 N–H and O–H groups in total. The normalized spacial score (nSPS) is 11.4. The lowest BCUT2D eigenvalue weighted by atomic mass is 10.1. The molecule has 6 heteroatoms. The number of pyridine rings is 2. The van der Waals surface area contributed by atoms with Gasteiger partial charge in [0.15, 0.2) is 0 Å². The van der Waals surface area contributed by atoms with Gasteiger partial charge in [-0.25, -0.2) is 0 Å². The Morgan fingerprint density at radius 3 is 1.65 bits per heavy atom. The van der Waals surface area contributed by atoms with Crippen LogP contribution in [-0.4, -0.2) is 19.9 Å². The molecule has 0 aliphatic rings. The molecule has 0 unspecified atom stereocenters. The summed E-state index contributed by atoms with van der Waals surface area (Å²) in [6.45, 7) is 0. The van der Waals surface area contributed by atoms with Crippen LogP contribution in [0.3, 0.4) is 0 Å². The maximum atomic E-state index is 11.6. The molecule has 0 radical (unpaired) electrons. The van der Waals surface area contributed by atoms with E-state index in [-0.39, 0.29) is 0 Å². The van der Waals surface area contributed by atoms with E-state index in [1.807, 2.05) is 24.3 Å². The summed E-state index contributed by atoms with van der Waals surface area (Å²) in [5.41, 5.74) is 0.875. The van der Waals surface area contributed by atoms with Crippen LogP contribution < -0.4 is 11.1 Å². The van der Waals surface area contributed by atoms with E-state index in [0.717, 1.165) is 10.8 Å². The van der Waals surface area contributed by atoms with E-state index < -0.39 is 11.1 Å². The molecule has 0 bridgehead atoms. The molecule has 96 valence electrons. The van der Waals surface area contributed by atoms with Crippen molar-refractivity contribution in [2.75, 3.05) is 0 Å². The predicted octanol–water partition coefficient (Wildman–Crippen LogP) is 1.31. The van der Waals surface area contributed by atoms with Crippen LogP contribution in [0.15, 0.2) is 46.2 Å². The Kier molecular flexibility index (Phi) is 2.03. The number of aromatic nitrogens is 4. The highest BCUT2D eigenvalue weighted by Crippen LogP contribution is 2.28. The number of benzene rings is 1. The van der Waals surface area contributed by atoms with E-state index in [2.05, 4.69) is 19.9 Å². The first-order valence-corrected chi connectivity index (χ1v) is 6.03. The third-order valence-corrected chi connectivity index (χ3v) is 3.31. The van der Waals surface area contributed by atoms with Crippen LogP contribution in [0.2, 0.25) is 0 Å². The zero-order valence-electron chi connectivity index (χ0n) is 10.2. The zero-order chi connectivity index (χ0) is 13.7. The fraction of sp³-hybridized carbons (Fsp3) is 0. The van der Waals surface area contributed by atoms with Crippen molar-refractivity contribution in [3.63, 3.8) is 0 Å². The predicted molar refractivity (Wildman–Crippen MR) is 75.8 cm³/mol. The summed E-state index contributed by atoms with van der Waals surface area (Å²) in [4.78, 5) is 36.9. The Morgan fingerprint density at radius 1 is 0.750 bits per heavy atom. The largest absolute Gasteiger partial charge is 0.314 e. The third-order valence-electron chi connectivity index (χ3n) is 3.31. The summed E-state index contributed by atoms with van der Waals surface area (Å²) >= 11 is 0. The van der Waals surface area contributed by atoms with Gasteiger partial charge in [0.25, 0.3) is 0 Å². The van der Waals surface area contributed by atoms with Crippen LogP contribution >= 0.6 is 0 Å². The molecular weight excluding hydrogens is 256 g/mol. The van der Waals surface area contributed by atoms with E-state index in [1.54, 1.807) is 12.4 Å². The SMILES string of the molecule is O=c1[nH]c2c3ncccc3c3cccnc3c2[nH]c1=O. The number of aromatic amines is 2. The Labute approximate surface area is 111 Å². The molecule has 3 aromatic heterocycles. The zero-order valence-corrected chi connectivity index (χ0v) is 10.2. The molecule has 0 aliphatic heterocycles. The Hall–Kier alpha value is -3.02. The van der Waals surface area contributed by atoms with Gasteiger partial charge in [0.1, 0.15) is 0 Å². The van der Waals surface area contributed by atoms with Crippen molar-refractivity contribution in [2.45, 2.75) is 0 Å². The molecule has 3 heterocycles. The summed E-state index contributed by atoms with van der Waals surface area (Å²) < 4.78 is 0. The molecule has 1 aromatic carbocycles. The van der Waals surface area contributed by atoms with Crippen molar-refractivity contribution in [3.8, 4) is 0 Å². The lowest BCUT2D eigenvalue weighted by molar-refractivity contribution is 1.15. The maximum absolute atomic E-state index is 11.6. The van der Waals surface area contributed by atoms with Crippen LogP contribution in [0.5, 0.6) is 0 Å². The molecule has 4 aromatic rings. The van der Waals surface area contributed by atoms with E-state index in [1.165, 1.54) is 0 Å². The fourth-order valence-corrected chi connectivity index (χ4v) is 2.46. The van der Waals surface area contributed by atoms with Gasteiger partial charge in [-0.15, -0.1) is 0 Å². The lowest BCUT2D eigenvalue weighted by Crippen LogP contribution is -2.29. The van der Waals surface area contributed by atoms with Crippen LogP contribution in [0.25, 0.3) is 32.8 Å². The Bertz CT molecular complexity index is 1010. The monoisotopic (exact) mass is 264 g/mol. The minimum atomic E-state index is -0.695. The van der Waals surface area contributed by atoms with Crippen LogP contribution in [0, 0.1) is 0 Å². The standard InChI is InChI=1S/C14H8N4O2/c19-13-14(20)18-12-10-8(4-2-6-16-10)7-3-1-5-15-9(7)11(12)17-13/h1-6H,(H,17,19)(H,18,20). The van der Waals surface area contributed by atoms with Gasteiger partial charge in [0.05, 0.1) is 22.1 Å². The van der Waals surface area contributed by atoms with Crippen LogP contribution in [-0.2, 0) is 0 Å². The molecular formula is C14H8N4O2. The van der Waals surface area contributed by atoms with E-state index in [0.29, 0.717) is 22.1 Å². The fourth-order valence-electron chi connectivity index (χ4n) is 2.46. The van der Waals surface area contributed by atoms with Gasteiger partial charge in [0, 0.05) is 23.2 Å². The highest BCUT2D eigenvalue weighted by Gasteiger charge is 2.12. The average molecular weight is 264 g/mol. The Morgan fingerprint density at radius 2 is 1.20 bits per heavy atom. The molecule has 0 spiro atoms. The summed E-state index contributed by atoms with van der Waals surface area (Å²) in [7, 11) is 0. The van der Waals surface area contributed by atoms with E-state index >= 15 is 0 Å². The van der Waals surface area contributed by atoms with Gasteiger partial charge in [-0.2, -0.15) is 0 Å². The van der Waals surface area contributed by atoms with E-state index in [4.69, 9.17) is 0 Å². The molecule has 6 nitrogen and oxygen atoms in total. The summed E-state index contributed by atoms with van der Waals surface area (Å²) in [6.07, 6.45) is 3.29. The van der Waals surface area contributed by atoms with Crippen molar-refractivity contribution < 1.29 is 0 Å². The molecule has 20 heavy (non-hydrogen) atoms. The second kappa shape index (κ2) is 3.74. The summed E-state index contributed by atoms with van der Waals surface area (Å²) in [6, 6.07) is 7.47. The Balaban J connectivity index is 2.49. The van der Waals surface area contributed by atoms with E-state index in [9.17, 15) is 9.59 Å². The smallest absolute Gasteiger partial charge is 0.314 e. The molecule has 4 rings (SSSR count). The summed E-state index contributed by atoms with van der Waals surface area (Å²) in [5.74, 6) is 0. The highest BCUT2D eigenvalue weighted by atomic mass is 16.2. The quantitative estimate of drug-likeness (QED) is 0.370. The second-order valence-electron chi connectivity index (χ2n) is 4.46. The maximum Gasteiger partial charge on any atom is 0.314 e. The number of H-pyrrole nitrogens is 2. The second-order valence-corrected chi connectivity index (χ2v) is 4.46. The topological polar surface area (TPSA) is 91.5 Å². The molecule has 0 saturated heterocycles. The number of nitrogens with one attached hydrogen (secondary N) is 2. The number of hydrogen-bond donors (Lipinski definition) is 2. The van der Waals surface area contributed by atoms with Crippen LogP contribution in [0.1, 0.15) is 0 Å². The van der Waals surface area contributed by atoms with Gasteiger partial charge in [-0.05, 0) is 12.1 Å². The van der Waals surface area contributed by atoms with Gasteiger partial charge in [0.2, 0.25) is 0 Å². The number of rotatable bonds is 0. The number of fused-ring (bicyclic) bond motifs is 6. The molecule has 0 atom stereocenters. The average Bonchev–Trinajstić information content (AvgIpc) is 2.49. The van der Waals surface area contributed by atoms with Crippen molar-refractivity contribution >= 4 is 32.8 Å². The molecule has 0 amide bonds. The molecule has 0 saturated carbocycles. The first-order valence-electron chi connectivity index (χ1n) is 6.03. The molecule has 0 fully saturated rings. The number of nitrogens with zero attached hydrogens (tertiary/aromatic N) is 2. The van der Waals surface area contributed by atoms with Gasteiger partial charge < -0.3 is 9.97 Å². The first kappa shape index (κ1) is 10.9. The lowest BCUT2D eigenvalue weighted by Gasteiger charge is -2.07. The molecule has 0 aliphatic carbocycles.